The number of fused-ring (bicyclic) bond motifs is 1. The maximum Gasteiger partial charge on any atom is 0.337 e. The highest BCUT2D eigenvalue weighted by Gasteiger charge is 2.20. The maximum atomic E-state index is 12.0. The van der Waals surface area contributed by atoms with Gasteiger partial charge in [0, 0.05) is 29.2 Å². The summed E-state index contributed by atoms with van der Waals surface area (Å²) in [5, 5.41) is 19.1. The summed E-state index contributed by atoms with van der Waals surface area (Å²) in [5.41, 5.74) is 3.76. The minimum absolute atomic E-state index is 0.0920. The number of carbonyl (C=O) groups excluding carboxylic acids is 3. The van der Waals surface area contributed by atoms with Gasteiger partial charge in [0.1, 0.15) is 0 Å². The number of anilines is 1. The van der Waals surface area contributed by atoms with Crippen LogP contribution < -0.4 is 16.0 Å². The lowest BCUT2D eigenvalue weighted by Gasteiger charge is -2.09. The molecule has 0 aliphatic carbocycles. The van der Waals surface area contributed by atoms with E-state index in [1.165, 1.54) is 14.2 Å². The van der Waals surface area contributed by atoms with Gasteiger partial charge in [-0.2, -0.15) is 0 Å². The first kappa shape index (κ1) is 25.0. The lowest BCUT2D eigenvalue weighted by atomic mass is 10.00. The summed E-state index contributed by atoms with van der Waals surface area (Å²) in [7, 11) is 2.79. The van der Waals surface area contributed by atoms with Gasteiger partial charge in [-0.3, -0.25) is 4.79 Å². The molecule has 3 amide bonds. The number of methoxy groups -OCH3 is 1. The predicted molar refractivity (Wildman–Crippen MR) is 141 cm³/mol. The fourth-order valence-electron chi connectivity index (χ4n) is 3.70. The first-order valence-electron chi connectivity index (χ1n) is 11.3. The number of aliphatic imine (C=N–C) groups is 1. The van der Waals surface area contributed by atoms with Crippen LogP contribution in [-0.2, 0) is 9.53 Å². The molecule has 0 saturated carbocycles. The van der Waals surface area contributed by atoms with Crippen LogP contribution in [0.2, 0.25) is 0 Å². The molecule has 10 nitrogen and oxygen atoms in total. The Balaban J connectivity index is 1.68. The molecule has 4 aromatic rings. The number of likely N-dealkylation sites (N-methyl/N-ethyl adjacent to an activating group) is 1. The smallest absolute Gasteiger partial charge is 0.337 e. The Bertz CT molecular complexity index is 1480. The van der Waals surface area contributed by atoms with E-state index in [9.17, 15) is 19.5 Å². The fraction of sp³-hybridized carbons (Fsp3) is 0.111. The molecule has 188 valence electrons. The first-order chi connectivity index (χ1) is 17.9. The van der Waals surface area contributed by atoms with Crippen molar-refractivity contribution in [2.24, 2.45) is 4.99 Å². The molecule has 4 rings (SSSR count). The first-order valence-corrected chi connectivity index (χ1v) is 11.3. The second-order valence-electron chi connectivity index (χ2n) is 7.95. The standard InChI is InChI=1S/C27H25N5O5/c1-28-22(33)15-29-27(36)31-19-11-9-18(10-12-19)30-24(16-6-4-3-5-7-16)23-20-13-8-17(26(35)37-2)14-21(20)32-25(23)34/h3-14,32,34H,15H2,1-2H3,(H,28,33)(H2,29,31,36). The molecule has 0 atom stereocenters. The number of benzene rings is 3. The molecule has 0 spiro atoms. The van der Waals surface area contributed by atoms with Gasteiger partial charge in [-0.15, -0.1) is 0 Å². The van der Waals surface area contributed by atoms with Crippen LogP contribution >= 0.6 is 0 Å². The average Bonchev–Trinajstić information content (AvgIpc) is 3.25. The number of rotatable bonds is 7. The average molecular weight is 500 g/mol. The minimum Gasteiger partial charge on any atom is -0.494 e. The molecule has 0 saturated heterocycles. The number of esters is 1. The molecule has 0 fully saturated rings. The van der Waals surface area contributed by atoms with E-state index in [0.717, 1.165) is 5.56 Å². The van der Waals surface area contributed by atoms with E-state index in [0.29, 0.717) is 39.1 Å². The van der Waals surface area contributed by atoms with Gasteiger partial charge in [0.25, 0.3) is 0 Å². The van der Waals surface area contributed by atoms with Gasteiger partial charge >= 0.3 is 12.0 Å². The zero-order valence-electron chi connectivity index (χ0n) is 20.2. The Morgan fingerprint density at radius 2 is 1.70 bits per heavy atom. The number of hydrogen-bond donors (Lipinski definition) is 5. The number of ether oxygens (including phenoxy) is 1. The summed E-state index contributed by atoms with van der Waals surface area (Å²) >= 11 is 0. The van der Waals surface area contributed by atoms with Crippen molar-refractivity contribution >= 4 is 45.9 Å². The van der Waals surface area contributed by atoms with Gasteiger partial charge < -0.3 is 30.8 Å². The van der Waals surface area contributed by atoms with Crippen molar-refractivity contribution in [3.05, 3.63) is 89.5 Å². The summed E-state index contributed by atoms with van der Waals surface area (Å²) < 4.78 is 4.79. The zero-order valence-corrected chi connectivity index (χ0v) is 20.2. The van der Waals surface area contributed by atoms with Crippen molar-refractivity contribution in [2.75, 3.05) is 26.0 Å². The zero-order chi connectivity index (χ0) is 26.4. The van der Waals surface area contributed by atoms with E-state index in [1.54, 1.807) is 42.5 Å². The van der Waals surface area contributed by atoms with E-state index >= 15 is 0 Å². The summed E-state index contributed by atoms with van der Waals surface area (Å²) in [6.45, 7) is -0.139. The number of urea groups is 1. The van der Waals surface area contributed by atoms with Gasteiger partial charge in [0.2, 0.25) is 5.91 Å². The summed E-state index contributed by atoms with van der Waals surface area (Å²) in [5.74, 6) is -0.883. The molecule has 5 N–H and O–H groups in total. The van der Waals surface area contributed by atoms with Crippen LogP contribution in [0.25, 0.3) is 10.9 Å². The Labute approximate surface area is 212 Å². The van der Waals surface area contributed by atoms with Crippen molar-refractivity contribution in [3.8, 4) is 5.88 Å². The summed E-state index contributed by atoms with van der Waals surface area (Å²) in [6, 6.07) is 20.6. The number of H-pyrrole nitrogens is 1. The normalized spacial score (nSPS) is 11.1. The minimum atomic E-state index is -0.514. The lowest BCUT2D eigenvalue weighted by Crippen LogP contribution is -2.37. The van der Waals surface area contributed by atoms with E-state index in [-0.39, 0.29) is 18.3 Å². The molecular weight excluding hydrogens is 474 g/mol. The topological polar surface area (TPSA) is 145 Å². The predicted octanol–water partition coefficient (Wildman–Crippen LogP) is 3.70. The highest BCUT2D eigenvalue weighted by molar-refractivity contribution is 6.22. The van der Waals surface area contributed by atoms with Crippen LogP contribution in [0.1, 0.15) is 21.5 Å². The van der Waals surface area contributed by atoms with Gasteiger partial charge in [-0.25, -0.2) is 14.6 Å². The Morgan fingerprint density at radius 1 is 0.973 bits per heavy atom. The van der Waals surface area contributed by atoms with Crippen molar-refractivity contribution < 1.29 is 24.2 Å². The second kappa shape index (κ2) is 11.1. The molecule has 0 aliphatic heterocycles. The van der Waals surface area contributed by atoms with Crippen LogP contribution in [0.4, 0.5) is 16.2 Å². The number of aromatic nitrogens is 1. The van der Waals surface area contributed by atoms with Gasteiger partial charge in [0.15, 0.2) is 5.88 Å². The van der Waals surface area contributed by atoms with Crippen LogP contribution in [-0.4, -0.2) is 54.4 Å². The molecule has 1 heterocycles. The fourth-order valence-corrected chi connectivity index (χ4v) is 3.70. The van der Waals surface area contributed by atoms with Crippen LogP contribution in [0.3, 0.4) is 0 Å². The number of carbonyl (C=O) groups is 3. The number of hydrogen-bond acceptors (Lipinski definition) is 6. The molecule has 10 heteroatoms. The third-order valence-corrected chi connectivity index (χ3v) is 5.54. The molecule has 0 aliphatic rings. The molecule has 3 aromatic carbocycles. The SMILES string of the molecule is CNC(=O)CNC(=O)Nc1ccc(N=C(c2ccccc2)c2c(O)[nH]c3cc(C(=O)OC)ccc23)cc1. The van der Waals surface area contributed by atoms with E-state index in [2.05, 4.69) is 20.9 Å². The summed E-state index contributed by atoms with van der Waals surface area (Å²) in [6.07, 6.45) is 0. The Morgan fingerprint density at radius 3 is 2.38 bits per heavy atom. The molecule has 37 heavy (non-hydrogen) atoms. The highest BCUT2D eigenvalue weighted by Crippen LogP contribution is 2.32. The van der Waals surface area contributed by atoms with Crippen molar-refractivity contribution in [1.82, 2.24) is 15.6 Å². The third kappa shape index (κ3) is 5.76. The van der Waals surface area contributed by atoms with Crippen molar-refractivity contribution in [2.45, 2.75) is 0 Å². The largest absolute Gasteiger partial charge is 0.494 e. The van der Waals surface area contributed by atoms with Crippen LogP contribution in [0.15, 0.2) is 77.8 Å². The molecular formula is C27H25N5O5. The molecule has 0 bridgehead atoms. The Hall–Kier alpha value is -5.12. The lowest BCUT2D eigenvalue weighted by molar-refractivity contribution is -0.119. The van der Waals surface area contributed by atoms with Gasteiger partial charge in [0.05, 0.1) is 36.2 Å². The molecule has 1 aromatic heterocycles. The van der Waals surface area contributed by atoms with Gasteiger partial charge in [-0.1, -0.05) is 36.4 Å². The maximum absolute atomic E-state index is 12.0. The second-order valence-corrected chi connectivity index (χ2v) is 7.95. The monoisotopic (exact) mass is 499 g/mol. The van der Waals surface area contributed by atoms with Crippen LogP contribution in [0.5, 0.6) is 5.88 Å². The number of nitrogens with zero attached hydrogens (tertiary/aromatic N) is 1. The van der Waals surface area contributed by atoms with Crippen molar-refractivity contribution in [3.63, 3.8) is 0 Å². The van der Waals surface area contributed by atoms with Crippen molar-refractivity contribution in [1.29, 1.82) is 0 Å². The van der Waals surface area contributed by atoms with Crippen LogP contribution in [0, 0.1) is 0 Å². The van der Waals surface area contributed by atoms with E-state index in [4.69, 9.17) is 9.73 Å². The number of nitrogens with one attached hydrogen (secondary N) is 4. The number of aromatic amines is 1. The highest BCUT2D eigenvalue weighted by atomic mass is 16.5. The number of aromatic hydroxyl groups is 1. The third-order valence-electron chi connectivity index (χ3n) is 5.54. The molecule has 0 radical (unpaired) electrons. The van der Waals surface area contributed by atoms with Gasteiger partial charge in [-0.05, 0) is 36.4 Å². The molecule has 0 unspecified atom stereocenters. The Kier molecular flexibility index (Phi) is 7.48. The quantitative estimate of drug-likeness (QED) is 0.194. The number of amides is 3. The van der Waals surface area contributed by atoms with E-state index in [1.807, 2.05) is 30.3 Å². The summed E-state index contributed by atoms with van der Waals surface area (Å²) in [4.78, 5) is 43.0. The van der Waals surface area contributed by atoms with E-state index < -0.39 is 12.0 Å².